The number of unbranched alkanes of at least 4 members (excludes halogenated alkanes) is 2. The summed E-state index contributed by atoms with van der Waals surface area (Å²) in [4.78, 5) is 13.3. The number of furan rings is 1. The number of hydrogen-bond donors (Lipinski definition) is 0. The van der Waals surface area contributed by atoms with Gasteiger partial charge in [0.15, 0.2) is 5.76 Å². The van der Waals surface area contributed by atoms with E-state index < -0.39 is 0 Å². The average Bonchev–Trinajstić information content (AvgIpc) is 3.09. The topological polar surface area (TPSA) is 30.2 Å². The van der Waals surface area contributed by atoms with Gasteiger partial charge in [-0.3, -0.25) is 4.79 Å². The summed E-state index contributed by atoms with van der Waals surface area (Å²) in [5.74, 6) is 1.39. The minimum Gasteiger partial charge on any atom is -0.452 e. The normalized spacial score (nSPS) is 11.0. The highest BCUT2D eigenvalue weighted by Gasteiger charge is 2.25. The molecule has 0 saturated heterocycles. The lowest BCUT2D eigenvalue weighted by molar-refractivity contribution is 0.101. The average molecular weight is 375 g/mol. The molecule has 28 heavy (non-hydrogen) atoms. The van der Waals surface area contributed by atoms with Crippen LogP contribution in [0.25, 0.3) is 11.3 Å². The van der Waals surface area contributed by atoms with Crippen molar-refractivity contribution >= 4 is 5.78 Å². The molecule has 0 fully saturated rings. The zero-order valence-corrected chi connectivity index (χ0v) is 17.3. The Kier molecular flexibility index (Phi) is 6.86. The van der Waals surface area contributed by atoms with Crippen molar-refractivity contribution in [1.29, 1.82) is 0 Å². The maximum Gasteiger partial charge on any atom is 0.228 e. The van der Waals surface area contributed by atoms with E-state index in [-0.39, 0.29) is 5.78 Å². The molecule has 1 aromatic heterocycles. The van der Waals surface area contributed by atoms with Gasteiger partial charge in [0, 0.05) is 22.3 Å². The lowest BCUT2D eigenvalue weighted by Crippen LogP contribution is -2.04. The molecular weight excluding hydrogens is 344 g/mol. The number of hydrogen-bond acceptors (Lipinski definition) is 2. The Hall–Kier alpha value is -2.61. The SMILES string of the molecule is CCCCc1c(C(=O)c2ccccc2)oc(-c2ccc(C)cc2)c1CCCC. The first-order chi connectivity index (χ1) is 13.7. The first-order valence-corrected chi connectivity index (χ1v) is 10.5. The lowest BCUT2D eigenvalue weighted by Gasteiger charge is -2.07. The predicted octanol–water partition coefficient (Wildman–Crippen LogP) is 7.17. The Morgan fingerprint density at radius 1 is 0.821 bits per heavy atom. The van der Waals surface area contributed by atoms with Crippen LogP contribution in [0.1, 0.15) is 72.3 Å². The molecule has 0 spiro atoms. The molecular formula is C26H30O2. The Labute approximate surface area is 168 Å². The zero-order valence-electron chi connectivity index (χ0n) is 17.3. The molecule has 0 atom stereocenters. The van der Waals surface area contributed by atoms with Gasteiger partial charge in [-0.2, -0.15) is 0 Å². The Morgan fingerprint density at radius 2 is 1.43 bits per heavy atom. The summed E-state index contributed by atoms with van der Waals surface area (Å²) in [5.41, 5.74) is 5.29. The third-order valence-corrected chi connectivity index (χ3v) is 5.23. The molecule has 3 aromatic rings. The molecule has 1 heterocycles. The van der Waals surface area contributed by atoms with Crippen molar-refractivity contribution in [3.05, 3.63) is 82.6 Å². The Morgan fingerprint density at radius 3 is 2.04 bits per heavy atom. The summed E-state index contributed by atoms with van der Waals surface area (Å²) in [6, 6.07) is 17.9. The van der Waals surface area contributed by atoms with Crippen molar-refractivity contribution in [1.82, 2.24) is 0 Å². The van der Waals surface area contributed by atoms with Gasteiger partial charge < -0.3 is 4.42 Å². The Balaban J connectivity index is 2.14. The quantitative estimate of drug-likeness (QED) is 0.372. The number of carbonyl (C=O) groups excluding carboxylic acids is 1. The summed E-state index contributed by atoms with van der Waals surface area (Å²) in [5, 5.41) is 0. The van der Waals surface area contributed by atoms with E-state index in [1.165, 1.54) is 11.1 Å². The maximum absolute atomic E-state index is 13.3. The molecule has 0 radical (unpaired) electrons. The molecule has 0 unspecified atom stereocenters. The van der Waals surface area contributed by atoms with Gasteiger partial charge in [0.1, 0.15) is 5.76 Å². The van der Waals surface area contributed by atoms with E-state index in [1.54, 1.807) is 0 Å². The van der Waals surface area contributed by atoms with Crippen LogP contribution in [0.15, 0.2) is 59.0 Å². The van der Waals surface area contributed by atoms with Crippen LogP contribution < -0.4 is 0 Å². The highest BCUT2D eigenvalue weighted by molar-refractivity contribution is 6.08. The van der Waals surface area contributed by atoms with E-state index in [0.717, 1.165) is 55.4 Å². The highest BCUT2D eigenvalue weighted by atomic mass is 16.3. The molecule has 2 aromatic carbocycles. The molecule has 0 saturated carbocycles. The van der Waals surface area contributed by atoms with Crippen molar-refractivity contribution in [3.63, 3.8) is 0 Å². The number of ketones is 1. The van der Waals surface area contributed by atoms with Gasteiger partial charge in [-0.1, -0.05) is 86.8 Å². The summed E-state index contributed by atoms with van der Waals surface area (Å²) in [7, 11) is 0. The molecule has 0 aliphatic carbocycles. The third kappa shape index (κ3) is 4.44. The van der Waals surface area contributed by atoms with Crippen molar-refractivity contribution in [2.24, 2.45) is 0 Å². The van der Waals surface area contributed by atoms with E-state index in [2.05, 4.69) is 45.0 Å². The summed E-state index contributed by atoms with van der Waals surface area (Å²) in [6.07, 6.45) is 6.20. The van der Waals surface area contributed by atoms with Crippen molar-refractivity contribution < 1.29 is 9.21 Å². The summed E-state index contributed by atoms with van der Waals surface area (Å²) >= 11 is 0. The second kappa shape index (κ2) is 9.54. The largest absolute Gasteiger partial charge is 0.452 e. The van der Waals surface area contributed by atoms with E-state index in [9.17, 15) is 4.79 Å². The van der Waals surface area contributed by atoms with Crippen LogP contribution in [0.4, 0.5) is 0 Å². The monoisotopic (exact) mass is 374 g/mol. The second-order valence-corrected chi connectivity index (χ2v) is 7.49. The van der Waals surface area contributed by atoms with E-state index >= 15 is 0 Å². The van der Waals surface area contributed by atoms with Crippen LogP contribution in [-0.4, -0.2) is 5.78 Å². The second-order valence-electron chi connectivity index (χ2n) is 7.49. The van der Waals surface area contributed by atoms with Gasteiger partial charge in [-0.25, -0.2) is 0 Å². The molecule has 146 valence electrons. The zero-order chi connectivity index (χ0) is 19.9. The van der Waals surface area contributed by atoms with Crippen LogP contribution in [-0.2, 0) is 12.8 Å². The summed E-state index contributed by atoms with van der Waals surface area (Å²) < 4.78 is 6.33. The lowest BCUT2D eigenvalue weighted by atomic mass is 9.94. The number of benzene rings is 2. The van der Waals surface area contributed by atoms with Gasteiger partial charge >= 0.3 is 0 Å². The van der Waals surface area contributed by atoms with Gasteiger partial charge in [0.2, 0.25) is 5.78 Å². The predicted molar refractivity (Wildman–Crippen MR) is 116 cm³/mol. The van der Waals surface area contributed by atoms with E-state index in [0.29, 0.717) is 11.3 Å². The van der Waals surface area contributed by atoms with Crippen LogP contribution >= 0.6 is 0 Å². The first kappa shape index (κ1) is 20.1. The number of rotatable bonds is 9. The molecule has 0 aliphatic heterocycles. The maximum atomic E-state index is 13.3. The van der Waals surface area contributed by atoms with Gasteiger partial charge in [-0.05, 0) is 32.6 Å². The fraction of sp³-hybridized carbons (Fsp3) is 0.346. The molecule has 0 aliphatic rings. The standard InChI is InChI=1S/C26H30O2/c1-4-6-13-22-23(14-7-5-2)26(24(27)20-11-9-8-10-12-20)28-25(22)21-17-15-19(3)16-18-21/h8-12,15-18H,4-7,13-14H2,1-3H3. The van der Waals surface area contributed by atoms with E-state index in [1.807, 2.05) is 30.3 Å². The van der Waals surface area contributed by atoms with Crippen molar-refractivity contribution in [3.8, 4) is 11.3 Å². The fourth-order valence-electron chi connectivity index (χ4n) is 3.58. The smallest absolute Gasteiger partial charge is 0.228 e. The molecule has 3 rings (SSSR count). The minimum absolute atomic E-state index is 0.0113. The van der Waals surface area contributed by atoms with Gasteiger partial charge in [-0.15, -0.1) is 0 Å². The molecule has 0 N–H and O–H groups in total. The number of carbonyl (C=O) groups is 1. The molecule has 2 nitrogen and oxygen atoms in total. The Bertz CT molecular complexity index is 902. The van der Waals surface area contributed by atoms with Gasteiger partial charge in [0.25, 0.3) is 0 Å². The fourth-order valence-corrected chi connectivity index (χ4v) is 3.58. The van der Waals surface area contributed by atoms with Crippen LogP contribution in [0, 0.1) is 6.92 Å². The van der Waals surface area contributed by atoms with Crippen LogP contribution in [0.5, 0.6) is 0 Å². The van der Waals surface area contributed by atoms with Crippen LogP contribution in [0.3, 0.4) is 0 Å². The molecule has 0 bridgehead atoms. The van der Waals surface area contributed by atoms with Gasteiger partial charge in [0.05, 0.1) is 0 Å². The van der Waals surface area contributed by atoms with Crippen molar-refractivity contribution in [2.45, 2.75) is 59.3 Å². The summed E-state index contributed by atoms with van der Waals surface area (Å²) in [6.45, 7) is 6.47. The first-order valence-electron chi connectivity index (χ1n) is 10.5. The number of aryl methyl sites for hydroxylation is 1. The van der Waals surface area contributed by atoms with E-state index in [4.69, 9.17) is 4.42 Å². The van der Waals surface area contributed by atoms with Crippen molar-refractivity contribution in [2.75, 3.05) is 0 Å². The minimum atomic E-state index is -0.0113. The third-order valence-electron chi connectivity index (χ3n) is 5.23. The molecule has 2 heteroatoms. The van der Waals surface area contributed by atoms with Crippen LogP contribution in [0.2, 0.25) is 0 Å². The molecule has 0 amide bonds. The highest BCUT2D eigenvalue weighted by Crippen LogP contribution is 2.35.